The summed E-state index contributed by atoms with van der Waals surface area (Å²) in [6, 6.07) is 0. The number of rotatable bonds is 2. The molecule has 0 saturated carbocycles. The van der Waals surface area contributed by atoms with Crippen LogP contribution in [0.25, 0.3) is 0 Å². The molecule has 1 saturated heterocycles. The van der Waals surface area contributed by atoms with E-state index in [-0.39, 0.29) is 11.8 Å². The predicted molar refractivity (Wildman–Crippen MR) is 49.7 cm³/mol. The molecular weight excluding hydrogens is 150 g/mol. The van der Waals surface area contributed by atoms with Crippen molar-refractivity contribution < 1.29 is 4.79 Å². The molecule has 1 atom stereocenters. The van der Waals surface area contributed by atoms with Crippen LogP contribution in [-0.2, 0) is 4.79 Å². The van der Waals surface area contributed by atoms with Crippen molar-refractivity contribution in [2.24, 2.45) is 5.92 Å². The average Bonchev–Trinajstić information content (AvgIpc) is 2.45. The molecule has 0 aromatic carbocycles. The van der Waals surface area contributed by atoms with Gasteiger partial charge in [0.1, 0.15) is 0 Å². The minimum Gasteiger partial charge on any atom is -0.352 e. The molecule has 0 radical (unpaired) electrons. The zero-order chi connectivity index (χ0) is 9.14. The van der Waals surface area contributed by atoms with Crippen molar-refractivity contribution in [3.05, 3.63) is 23.8 Å². The molecule has 1 fully saturated rings. The Bertz CT molecular complexity index is 240. The van der Waals surface area contributed by atoms with E-state index in [1.54, 1.807) is 0 Å². The Hall–Kier alpha value is -1.05. The summed E-state index contributed by atoms with van der Waals surface area (Å²) in [7, 11) is 0. The Morgan fingerprint density at radius 3 is 3.00 bits per heavy atom. The van der Waals surface area contributed by atoms with Gasteiger partial charge in [-0.1, -0.05) is 19.6 Å². The zero-order valence-electron chi connectivity index (χ0n) is 7.68. The Morgan fingerprint density at radius 1 is 1.83 bits per heavy atom. The van der Waals surface area contributed by atoms with Crippen LogP contribution >= 0.6 is 0 Å². The van der Waals surface area contributed by atoms with Gasteiger partial charge in [-0.25, -0.2) is 0 Å². The normalized spacial score (nSPS) is 26.8. The maximum absolute atomic E-state index is 11.3. The van der Waals surface area contributed by atoms with Gasteiger partial charge >= 0.3 is 0 Å². The van der Waals surface area contributed by atoms with Crippen molar-refractivity contribution in [2.75, 3.05) is 6.54 Å². The molecule has 0 aliphatic carbocycles. The second-order valence-electron chi connectivity index (χ2n) is 3.09. The van der Waals surface area contributed by atoms with Gasteiger partial charge in [-0.05, 0) is 24.5 Å². The second-order valence-corrected chi connectivity index (χ2v) is 3.09. The lowest BCUT2D eigenvalue weighted by atomic mass is 9.95. The van der Waals surface area contributed by atoms with Gasteiger partial charge in [0.05, 0.1) is 5.92 Å². The van der Waals surface area contributed by atoms with Crippen LogP contribution in [0, 0.1) is 5.92 Å². The highest BCUT2D eigenvalue weighted by Gasteiger charge is 2.28. The fourth-order valence-corrected chi connectivity index (χ4v) is 1.56. The average molecular weight is 165 g/mol. The van der Waals surface area contributed by atoms with Crippen LogP contribution in [0.2, 0.25) is 0 Å². The van der Waals surface area contributed by atoms with Crippen molar-refractivity contribution in [2.45, 2.75) is 20.3 Å². The van der Waals surface area contributed by atoms with E-state index < -0.39 is 0 Å². The molecule has 2 nitrogen and oxygen atoms in total. The zero-order valence-corrected chi connectivity index (χ0v) is 7.68. The van der Waals surface area contributed by atoms with E-state index in [1.807, 2.05) is 19.9 Å². The van der Waals surface area contributed by atoms with Crippen LogP contribution in [0.1, 0.15) is 20.3 Å². The second kappa shape index (κ2) is 3.57. The number of nitrogens with one attached hydrogen (secondary N) is 1. The van der Waals surface area contributed by atoms with Gasteiger partial charge in [-0.2, -0.15) is 0 Å². The maximum atomic E-state index is 11.3. The van der Waals surface area contributed by atoms with E-state index in [4.69, 9.17) is 0 Å². The smallest absolute Gasteiger partial charge is 0.227 e. The van der Waals surface area contributed by atoms with Gasteiger partial charge in [-0.3, -0.25) is 4.79 Å². The molecule has 1 heterocycles. The lowest BCUT2D eigenvalue weighted by molar-refractivity contribution is -0.122. The number of hydrogen-bond donors (Lipinski definition) is 1. The van der Waals surface area contributed by atoms with Crippen molar-refractivity contribution in [1.29, 1.82) is 0 Å². The van der Waals surface area contributed by atoms with Crippen molar-refractivity contribution in [3.8, 4) is 0 Å². The highest BCUT2D eigenvalue weighted by Crippen LogP contribution is 2.23. The quantitative estimate of drug-likeness (QED) is 0.662. The fraction of sp³-hybridized carbons (Fsp3) is 0.500. The van der Waals surface area contributed by atoms with E-state index in [0.29, 0.717) is 6.54 Å². The number of amides is 1. The summed E-state index contributed by atoms with van der Waals surface area (Å²) in [5.74, 6) is 0.247. The van der Waals surface area contributed by atoms with Crippen LogP contribution in [0.5, 0.6) is 0 Å². The van der Waals surface area contributed by atoms with E-state index >= 15 is 0 Å². The van der Waals surface area contributed by atoms with Gasteiger partial charge < -0.3 is 5.32 Å². The molecule has 1 aliphatic rings. The Morgan fingerprint density at radius 2 is 2.50 bits per heavy atom. The van der Waals surface area contributed by atoms with Gasteiger partial charge in [0.2, 0.25) is 5.91 Å². The summed E-state index contributed by atoms with van der Waals surface area (Å²) >= 11 is 0. The number of allylic oxidation sites excluding steroid dienone is 2. The van der Waals surface area contributed by atoms with E-state index in [0.717, 1.165) is 12.0 Å². The summed E-state index contributed by atoms with van der Waals surface area (Å²) in [6.45, 7) is 8.44. The van der Waals surface area contributed by atoms with Crippen LogP contribution in [0.4, 0.5) is 0 Å². The predicted octanol–water partition coefficient (Wildman–Crippen LogP) is 1.64. The standard InChI is InChI=1S/C10H15NO/c1-4-7(3)9-6-11-10(12)8(9)5-2/h4,8H,1,5-6H2,2-3H3,(H,11,12)/b9-7-. The molecule has 1 rings (SSSR count). The van der Waals surface area contributed by atoms with Gasteiger partial charge in [-0.15, -0.1) is 0 Å². The SMILES string of the molecule is C=C/C(C)=C1/CNC(=O)C1CC. The van der Waals surface area contributed by atoms with E-state index in [2.05, 4.69) is 11.9 Å². The summed E-state index contributed by atoms with van der Waals surface area (Å²) in [4.78, 5) is 11.3. The summed E-state index contributed by atoms with van der Waals surface area (Å²) in [5.41, 5.74) is 2.35. The van der Waals surface area contributed by atoms with Gasteiger partial charge in [0, 0.05) is 6.54 Å². The van der Waals surface area contributed by atoms with Crippen LogP contribution in [0.3, 0.4) is 0 Å². The first-order valence-corrected chi connectivity index (χ1v) is 4.30. The molecule has 0 aromatic rings. The van der Waals surface area contributed by atoms with E-state index in [1.165, 1.54) is 5.57 Å². The van der Waals surface area contributed by atoms with Gasteiger partial charge in [0.15, 0.2) is 0 Å². The first kappa shape index (κ1) is 9.04. The Balaban J connectivity index is 2.93. The minimum atomic E-state index is 0.0861. The molecule has 1 aliphatic heterocycles. The lowest BCUT2D eigenvalue weighted by Gasteiger charge is -2.06. The fourth-order valence-electron chi connectivity index (χ4n) is 1.56. The first-order chi connectivity index (χ1) is 5.70. The highest BCUT2D eigenvalue weighted by atomic mass is 16.2. The molecule has 0 aromatic heterocycles. The highest BCUT2D eigenvalue weighted by molar-refractivity contribution is 5.85. The summed E-state index contributed by atoms with van der Waals surface area (Å²) in [5, 5.41) is 2.84. The molecule has 2 heteroatoms. The molecule has 12 heavy (non-hydrogen) atoms. The topological polar surface area (TPSA) is 29.1 Å². The molecule has 66 valence electrons. The third kappa shape index (κ3) is 1.42. The van der Waals surface area contributed by atoms with Crippen molar-refractivity contribution >= 4 is 5.91 Å². The van der Waals surface area contributed by atoms with Crippen LogP contribution < -0.4 is 5.32 Å². The van der Waals surface area contributed by atoms with Crippen LogP contribution in [0.15, 0.2) is 23.8 Å². The Labute approximate surface area is 73.4 Å². The molecule has 0 spiro atoms. The van der Waals surface area contributed by atoms with Crippen LogP contribution in [-0.4, -0.2) is 12.5 Å². The summed E-state index contributed by atoms with van der Waals surface area (Å²) < 4.78 is 0. The molecule has 0 bridgehead atoms. The van der Waals surface area contributed by atoms with Crippen molar-refractivity contribution in [3.63, 3.8) is 0 Å². The maximum Gasteiger partial charge on any atom is 0.227 e. The molecule has 1 unspecified atom stereocenters. The van der Waals surface area contributed by atoms with E-state index in [9.17, 15) is 4.79 Å². The molecule has 1 N–H and O–H groups in total. The third-order valence-electron chi connectivity index (χ3n) is 2.41. The minimum absolute atomic E-state index is 0.0861. The molecular formula is C10H15NO. The Kier molecular flexibility index (Phi) is 2.69. The third-order valence-corrected chi connectivity index (χ3v) is 2.41. The largest absolute Gasteiger partial charge is 0.352 e. The number of carbonyl (C=O) groups excluding carboxylic acids is 1. The summed E-state index contributed by atoms with van der Waals surface area (Å²) in [6.07, 6.45) is 2.70. The monoisotopic (exact) mass is 165 g/mol. The molecule has 1 amide bonds. The van der Waals surface area contributed by atoms with Crippen molar-refractivity contribution in [1.82, 2.24) is 5.32 Å². The van der Waals surface area contributed by atoms with Gasteiger partial charge in [0.25, 0.3) is 0 Å². The lowest BCUT2D eigenvalue weighted by Crippen LogP contribution is -2.18. The number of hydrogen-bond acceptors (Lipinski definition) is 1. The first-order valence-electron chi connectivity index (χ1n) is 4.30. The number of carbonyl (C=O) groups is 1.